The highest BCUT2D eigenvalue weighted by Crippen LogP contribution is 2.47. The number of carbonyl (C=O) groups is 3. The summed E-state index contributed by atoms with van der Waals surface area (Å²) in [6, 6.07) is 33.3. The summed E-state index contributed by atoms with van der Waals surface area (Å²) < 4.78 is 112. The Morgan fingerprint density at radius 1 is 0.642 bits per heavy atom. The van der Waals surface area contributed by atoms with Gasteiger partial charge in [0.1, 0.15) is 78.7 Å². The Labute approximate surface area is 460 Å². The number of benzene rings is 6. The SMILES string of the molecule is O=C(Nc1ccccc1F)OCC1O[C@@H](O[C@@H]2C(CO)O[C@@H](CS(=O)(=O)c3ccc(-c4ccc([C@@H]5[C@@H](CC[C@H](O)c6ccc(F)cc6)C(=O)N5c5ccc(F)cc5)cc4)cc3)C(O)[C@H]2O)C(O)[C@@H](O)[C@@H]1OC(=O)Nc1ccccc1F. The number of hydrogen-bond donors (Lipinski definition) is 8. The van der Waals surface area contributed by atoms with E-state index in [1.807, 2.05) is 0 Å². The van der Waals surface area contributed by atoms with E-state index in [4.69, 9.17) is 23.7 Å². The Hall–Kier alpha value is -7.36. The van der Waals surface area contributed by atoms with Crippen molar-refractivity contribution in [2.45, 2.75) is 91.1 Å². The van der Waals surface area contributed by atoms with Gasteiger partial charge in [0.25, 0.3) is 0 Å². The van der Waals surface area contributed by atoms with Gasteiger partial charge in [-0.15, -0.1) is 0 Å². The lowest BCUT2D eigenvalue weighted by Crippen LogP contribution is -2.65. The normalized spacial score (nSPS) is 26.0. The molecule has 3 aliphatic rings. The standard InChI is InChI=1S/C57H55F4N3O16S/c58-34-17-13-32(14-18-34)43(66)26-25-38-47(64(54(38)71)36-21-19-35(59)20-22-36)33-11-9-30(10-12-33)31-15-23-37(24-16-31)81(74,75)29-46-48(67)49(68)52(44(27-65)77-46)79-55-51(70)50(69)53(80-57(73)63-42-8-4-2-6-40(42)61)45(78-55)28-76-56(72)62-41-7-3-1-5-39(41)60/h1-24,38,43-53,55,65-70H,25-29H2,(H,62,72)(H,63,73)/t38-,43+,44?,45?,46+,47-,48?,49-,50-,51?,52-,53-,55+/m1/s1. The number of halogens is 4. The molecule has 3 fully saturated rings. The molecule has 3 amide bonds. The second-order valence-corrected chi connectivity index (χ2v) is 21.5. The van der Waals surface area contributed by atoms with Crippen LogP contribution in [0, 0.1) is 29.2 Å². The number of nitrogens with zero attached hydrogens (tertiary/aromatic N) is 1. The van der Waals surface area contributed by atoms with E-state index < -0.39 is 144 Å². The molecule has 81 heavy (non-hydrogen) atoms. The Bertz CT molecular complexity index is 3280. The van der Waals surface area contributed by atoms with Crippen molar-refractivity contribution in [1.29, 1.82) is 0 Å². The Morgan fingerprint density at radius 2 is 1.20 bits per heavy atom. The van der Waals surface area contributed by atoms with E-state index in [0.29, 0.717) is 22.4 Å². The van der Waals surface area contributed by atoms with E-state index in [-0.39, 0.29) is 35.0 Å². The summed E-state index contributed by atoms with van der Waals surface area (Å²) in [4.78, 5) is 40.7. The molecule has 0 aliphatic carbocycles. The number of β-lactam (4-membered cyclic amide) rings is 1. The molecule has 0 bridgehead atoms. The summed E-state index contributed by atoms with van der Waals surface area (Å²) in [6.45, 7) is -1.85. The minimum atomic E-state index is -4.33. The van der Waals surface area contributed by atoms with Gasteiger partial charge < -0.3 is 59.2 Å². The molecule has 3 saturated heterocycles. The van der Waals surface area contributed by atoms with Gasteiger partial charge in [-0.05, 0) is 108 Å². The average molecular weight is 1150 g/mol. The summed E-state index contributed by atoms with van der Waals surface area (Å²) >= 11 is 0. The summed E-state index contributed by atoms with van der Waals surface area (Å²) in [5, 5.41) is 70.8. The molecule has 6 aromatic rings. The monoisotopic (exact) mass is 1150 g/mol. The first kappa shape index (κ1) is 58.3. The number of carbonyl (C=O) groups excluding carboxylic acids is 3. The maximum atomic E-state index is 14.4. The molecular weight excluding hydrogens is 1090 g/mol. The van der Waals surface area contributed by atoms with Gasteiger partial charge in [-0.3, -0.25) is 15.4 Å². The first-order valence-electron chi connectivity index (χ1n) is 25.5. The van der Waals surface area contributed by atoms with E-state index in [0.717, 1.165) is 17.7 Å². The van der Waals surface area contributed by atoms with Crippen LogP contribution in [0.25, 0.3) is 11.1 Å². The van der Waals surface area contributed by atoms with Gasteiger partial charge in [0.15, 0.2) is 22.2 Å². The first-order valence-corrected chi connectivity index (χ1v) is 27.1. The Balaban J connectivity index is 0.848. The fraction of sp³-hybridized carbons (Fsp3) is 0.316. The molecule has 3 heterocycles. The van der Waals surface area contributed by atoms with Crippen LogP contribution in [0.1, 0.15) is 36.1 Å². The maximum absolute atomic E-state index is 14.4. The van der Waals surface area contributed by atoms with Gasteiger partial charge >= 0.3 is 12.2 Å². The number of nitrogens with one attached hydrogen (secondary N) is 2. The van der Waals surface area contributed by atoms with Gasteiger partial charge in [-0.25, -0.2) is 35.6 Å². The highest BCUT2D eigenvalue weighted by atomic mass is 32.2. The Kier molecular flexibility index (Phi) is 18.1. The van der Waals surface area contributed by atoms with Crippen molar-refractivity contribution < 1.29 is 94.7 Å². The summed E-state index contributed by atoms with van der Waals surface area (Å²) in [7, 11) is -4.33. The summed E-state index contributed by atoms with van der Waals surface area (Å²) in [5.41, 5.74) is 2.34. The molecule has 3 aliphatic heterocycles. The predicted molar refractivity (Wildman–Crippen MR) is 280 cm³/mol. The molecule has 8 N–H and O–H groups in total. The third-order valence-electron chi connectivity index (χ3n) is 14.2. The number of amides is 3. The smallest absolute Gasteiger partial charge is 0.412 e. The molecular formula is C57H55F4N3O16S. The minimum absolute atomic E-state index is 0.202. The van der Waals surface area contributed by atoms with Crippen LogP contribution < -0.4 is 15.5 Å². The van der Waals surface area contributed by atoms with E-state index in [2.05, 4.69) is 10.6 Å². The van der Waals surface area contributed by atoms with E-state index in [9.17, 15) is 71.0 Å². The zero-order valence-electron chi connectivity index (χ0n) is 42.5. The molecule has 0 aromatic heterocycles. The van der Waals surface area contributed by atoms with Crippen LogP contribution in [0.3, 0.4) is 0 Å². The van der Waals surface area contributed by atoms with Crippen LogP contribution >= 0.6 is 0 Å². The van der Waals surface area contributed by atoms with Gasteiger partial charge in [-0.2, -0.15) is 0 Å². The van der Waals surface area contributed by atoms with Gasteiger partial charge in [0.05, 0.1) is 46.7 Å². The fourth-order valence-electron chi connectivity index (χ4n) is 9.94. The predicted octanol–water partition coefficient (Wildman–Crippen LogP) is 6.08. The molecule has 0 radical (unpaired) electrons. The highest BCUT2D eigenvalue weighted by molar-refractivity contribution is 7.91. The molecule has 19 nitrogen and oxygen atoms in total. The van der Waals surface area contributed by atoms with E-state index in [1.165, 1.54) is 109 Å². The van der Waals surface area contributed by atoms with Crippen molar-refractivity contribution in [2.24, 2.45) is 5.92 Å². The zero-order valence-corrected chi connectivity index (χ0v) is 43.3. The van der Waals surface area contributed by atoms with Crippen molar-refractivity contribution in [3.63, 3.8) is 0 Å². The second-order valence-electron chi connectivity index (χ2n) is 19.5. The zero-order chi connectivity index (χ0) is 57.7. The lowest BCUT2D eigenvalue weighted by atomic mass is 9.78. The lowest BCUT2D eigenvalue weighted by Gasteiger charge is -2.48. The molecule has 24 heteroatoms. The van der Waals surface area contributed by atoms with Crippen LogP contribution in [-0.2, 0) is 38.3 Å². The molecule has 9 rings (SSSR count). The lowest BCUT2D eigenvalue weighted by molar-refractivity contribution is -0.340. The van der Waals surface area contributed by atoms with E-state index in [1.54, 1.807) is 29.2 Å². The third kappa shape index (κ3) is 13.2. The van der Waals surface area contributed by atoms with Gasteiger partial charge in [0, 0.05) is 5.69 Å². The number of sulfone groups is 1. The highest BCUT2D eigenvalue weighted by Gasteiger charge is 2.53. The number of rotatable bonds is 18. The summed E-state index contributed by atoms with van der Waals surface area (Å²) in [6.07, 6.45) is -22.2. The maximum Gasteiger partial charge on any atom is 0.412 e. The van der Waals surface area contributed by atoms with Gasteiger partial charge in [0.2, 0.25) is 5.91 Å². The number of anilines is 3. The van der Waals surface area contributed by atoms with Crippen LogP contribution in [0.4, 0.5) is 44.2 Å². The molecule has 0 spiro atoms. The molecule has 13 atom stereocenters. The average Bonchev–Trinajstić information content (AvgIpc) is 3.60. The van der Waals surface area contributed by atoms with Crippen LogP contribution in [0.2, 0.25) is 0 Å². The second kappa shape index (κ2) is 25.2. The van der Waals surface area contributed by atoms with Crippen molar-refractivity contribution >= 4 is 45.0 Å². The topological polar surface area (TPSA) is 280 Å². The van der Waals surface area contributed by atoms with Crippen molar-refractivity contribution in [3.8, 4) is 11.1 Å². The first-order chi connectivity index (χ1) is 38.8. The Morgan fingerprint density at radius 3 is 1.79 bits per heavy atom. The number of ether oxygens (including phenoxy) is 5. The molecule has 6 aromatic carbocycles. The molecule has 428 valence electrons. The number of para-hydroxylation sites is 2. The quantitative estimate of drug-likeness (QED) is 0.0358. The number of aliphatic hydroxyl groups is 6. The number of aliphatic hydroxyl groups excluding tert-OH is 6. The minimum Gasteiger partial charge on any atom is -0.446 e. The molecule has 4 unspecified atom stereocenters. The third-order valence-corrected chi connectivity index (χ3v) is 16.0. The van der Waals surface area contributed by atoms with Crippen LogP contribution in [0.5, 0.6) is 0 Å². The molecule has 0 saturated carbocycles. The summed E-state index contributed by atoms with van der Waals surface area (Å²) in [5.74, 6) is -4.31. The van der Waals surface area contributed by atoms with Crippen LogP contribution in [-0.4, -0.2) is 137 Å². The van der Waals surface area contributed by atoms with E-state index >= 15 is 0 Å². The number of hydrogen-bond acceptors (Lipinski definition) is 16. The van der Waals surface area contributed by atoms with Gasteiger partial charge in [-0.1, -0.05) is 72.8 Å². The largest absolute Gasteiger partial charge is 0.446 e. The van der Waals surface area contributed by atoms with Crippen molar-refractivity contribution in [1.82, 2.24) is 0 Å². The fourth-order valence-corrected chi connectivity index (χ4v) is 11.4. The van der Waals surface area contributed by atoms with Crippen LogP contribution in [0.15, 0.2) is 150 Å². The van der Waals surface area contributed by atoms with Crippen molar-refractivity contribution in [3.05, 3.63) is 180 Å². The van der Waals surface area contributed by atoms with Crippen molar-refractivity contribution in [2.75, 3.05) is 34.5 Å².